The van der Waals surface area contributed by atoms with Gasteiger partial charge in [-0.25, -0.2) is 4.98 Å². The van der Waals surface area contributed by atoms with Crippen LogP contribution in [0.15, 0.2) is 59.7 Å². The molecule has 9 heteroatoms. The maximum Gasteiger partial charge on any atom is 0.263 e. The summed E-state index contributed by atoms with van der Waals surface area (Å²) in [6.45, 7) is 3.79. The zero-order chi connectivity index (χ0) is 22.5. The van der Waals surface area contributed by atoms with Gasteiger partial charge in [-0.15, -0.1) is 0 Å². The van der Waals surface area contributed by atoms with Gasteiger partial charge in [-0.1, -0.05) is 12.1 Å². The number of pyridine rings is 2. The summed E-state index contributed by atoms with van der Waals surface area (Å²) in [6.07, 6.45) is 3.10. The van der Waals surface area contributed by atoms with E-state index in [2.05, 4.69) is 37.4 Å². The van der Waals surface area contributed by atoms with E-state index in [4.69, 9.17) is 4.74 Å². The number of carbonyl (C=O) groups excluding carboxylic acids is 1. The number of aromatic nitrogens is 2. The molecule has 0 radical (unpaired) electrons. The zero-order valence-electron chi connectivity index (χ0n) is 18.1. The topological polar surface area (TPSA) is 103 Å². The predicted octanol–water partition coefficient (Wildman–Crippen LogP) is 2.53. The highest BCUT2D eigenvalue weighted by Gasteiger charge is 2.19. The maximum atomic E-state index is 13.0. The van der Waals surface area contributed by atoms with Crippen molar-refractivity contribution in [2.24, 2.45) is 0 Å². The van der Waals surface area contributed by atoms with Gasteiger partial charge >= 0.3 is 0 Å². The second-order valence-electron chi connectivity index (χ2n) is 7.57. The van der Waals surface area contributed by atoms with Crippen molar-refractivity contribution < 1.29 is 9.53 Å². The molecule has 0 bridgehead atoms. The monoisotopic (exact) mass is 434 g/mol. The molecule has 32 heavy (non-hydrogen) atoms. The Morgan fingerprint density at radius 1 is 1.06 bits per heavy atom. The summed E-state index contributed by atoms with van der Waals surface area (Å²) in [5.41, 5.74) is 1.01. The van der Waals surface area contributed by atoms with Crippen molar-refractivity contribution in [2.45, 2.75) is 0 Å². The molecule has 0 atom stereocenters. The number of anilines is 4. The van der Waals surface area contributed by atoms with Crippen LogP contribution in [0.5, 0.6) is 5.75 Å². The van der Waals surface area contributed by atoms with Crippen molar-refractivity contribution >= 4 is 28.8 Å². The highest BCUT2D eigenvalue weighted by molar-refractivity contribution is 6.08. The molecule has 0 spiro atoms. The lowest BCUT2D eigenvalue weighted by Crippen LogP contribution is -2.44. The van der Waals surface area contributed by atoms with E-state index in [1.54, 1.807) is 31.5 Å². The Hall–Kier alpha value is -3.85. The lowest BCUT2D eigenvalue weighted by Gasteiger charge is -2.33. The molecule has 4 rings (SSSR count). The van der Waals surface area contributed by atoms with Crippen LogP contribution in [-0.2, 0) is 0 Å². The number of benzene rings is 1. The number of methoxy groups -OCH3 is 1. The summed E-state index contributed by atoms with van der Waals surface area (Å²) >= 11 is 0. The number of nitrogens with zero attached hydrogens (tertiary/aromatic N) is 3. The first kappa shape index (κ1) is 21.4. The molecular weight excluding hydrogens is 408 g/mol. The van der Waals surface area contributed by atoms with Gasteiger partial charge in [-0.2, -0.15) is 0 Å². The average Bonchev–Trinajstić information content (AvgIpc) is 2.80. The first-order valence-corrected chi connectivity index (χ1v) is 10.4. The second kappa shape index (κ2) is 9.52. The molecule has 3 heterocycles. The normalized spacial score (nSPS) is 14.1. The molecule has 3 N–H and O–H groups in total. The Kier molecular flexibility index (Phi) is 6.37. The summed E-state index contributed by atoms with van der Waals surface area (Å²) in [7, 11) is 3.66. The fourth-order valence-electron chi connectivity index (χ4n) is 3.58. The van der Waals surface area contributed by atoms with E-state index in [1.165, 1.54) is 6.20 Å². The highest BCUT2D eigenvalue weighted by atomic mass is 16.5. The molecule has 3 aromatic rings. The Bertz CT molecular complexity index is 1140. The third-order valence-corrected chi connectivity index (χ3v) is 5.40. The molecule has 1 aromatic carbocycles. The lowest BCUT2D eigenvalue weighted by molar-refractivity contribution is 0.102. The highest BCUT2D eigenvalue weighted by Crippen LogP contribution is 2.28. The number of nitrogens with one attached hydrogen (secondary N) is 3. The minimum Gasteiger partial charge on any atom is -0.495 e. The van der Waals surface area contributed by atoms with Gasteiger partial charge in [0, 0.05) is 32.4 Å². The van der Waals surface area contributed by atoms with Crippen molar-refractivity contribution in [3.8, 4) is 5.75 Å². The van der Waals surface area contributed by atoms with Crippen LogP contribution >= 0.6 is 0 Å². The Balaban J connectivity index is 1.52. The SMILES string of the molecule is COc1ccccc1Nc1cc[nH]c(=O)c1C(=O)Nc1ccc(N2CCN(C)CC2)nc1. The van der Waals surface area contributed by atoms with Gasteiger partial charge in [-0.3, -0.25) is 9.59 Å². The Morgan fingerprint density at radius 3 is 2.56 bits per heavy atom. The van der Waals surface area contributed by atoms with Crippen molar-refractivity contribution in [3.63, 3.8) is 0 Å². The fourth-order valence-corrected chi connectivity index (χ4v) is 3.58. The number of rotatable bonds is 6. The van der Waals surface area contributed by atoms with Crippen LogP contribution < -0.4 is 25.8 Å². The van der Waals surface area contributed by atoms with Crippen LogP contribution in [0.1, 0.15) is 10.4 Å². The number of ether oxygens (including phenoxy) is 1. The number of carbonyl (C=O) groups is 1. The number of hydrogen-bond donors (Lipinski definition) is 3. The summed E-state index contributed by atoms with van der Waals surface area (Å²) in [6, 6.07) is 12.6. The van der Waals surface area contributed by atoms with E-state index in [1.807, 2.05) is 24.3 Å². The van der Waals surface area contributed by atoms with Crippen LogP contribution in [0, 0.1) is 0 Å². The number of para-hydroxylation sites is 2. The number of piperazine rings is 1. The Labute approximate surface area is 186 Å². The summed E-state index contributed by atoms with van der Waals surface area (Å²) in [5.74, 6) is 0.938. The molecule has 1 aliphatic rings. The van der Waals surface area contributed by atoms with Crippen molar-refractivity contribution in [1.82, 2.24) is 14.9 Å². The molecule has 0 unspecified atom stereocenters. The van der Waals surface area contributed by atoms with E-state index in [0.717, 1.165) is 32.0 Å². The van der Waals surface area contributed by atoms with Crippen LogP contribution in [0.2, 0.25) is 0 Å². The fraction of sp³-hybridized carbons (Fsp3) is 0.261. The van der Waals surface area contributed by atoms with Crippen molar-refractivity contribution in [3.05, 3.63) is 70.8 Å². The largest absolute Gasteiger partial charge is 0.495 e. The minimum absolute atomic E-state index is 0.0263. The molecule has 1 aliphatic heterocycles. The van der Waals surface area contributed by atoms with Crippen molar-refractivity contribution in [2.75, 3.05) is 55.9 Å². The van der Waals surface area contributed by atoms with Gasteiger partial charge in [0.05, 0.1) is 30.4 Å². The van der Waals surface area contributed by atoms with Gasteiger partial charge in [-0.05, 0) is 37.4 Å². The number of likely N-dealkylation sites (N-methyl/N-ethyl adjacent to an activating group) is 1. The van der Waals surface area contributed by atoms with Gasteiger partial charge in [0.1, 0.15) is 17.1 Å². The smallest absolute Gasteiger partial charge is 0.263 e. The van der Waals surface area contributed by atoms with Gasteiger partial charge in [0.2, 0.25) is 0 Å². The molecule has 0 aliphatic carbocycles. The molecule has 166 valence electrons. The number of amides is 1. The van der Waals surface area contributed by atoms with Crippen LogP contribution in [0.25, 0.3) is 0 Å². The van der Waals surface area contributed by atoms with E-state index >= 15 is 0 Å². The Morgan fingerprint density at radius 2 is 1.84 bits per heavy atom. The molecule has 2 aromatic heterocycles. The third-order valence-electron chi connectivity index (χ3n) is 5.40. The summed E-state index contributed by atoms with van der Waals surface area (Å²) < 4.78 is 5.35. The minimum atomic E-state index is -0.529. The van der Waals surface area contributed by atoms with E-state index < -0.39 is 11.5 Å². The van der Waals surface area contributed by atoms with Crippen LogP contribution in [-0.4, -0.2) is 61.1 Å². The van der Waals surface area contributed by atoms with Gasteiger partial charge in [0.15, 0.2) is 0 Å². The number of H-pyrrole nitrogens is 1. The second-order valence-corrected chi connectivity index (χ2v) is 7.57. The van der Waals surface area contributed by atoms with E-state index in [9.17, 15) is 9.59 Å². The average molecular weight is 435 g/mol. The van der Waals surface area contributed by atoms with Gasteiger partial charge in [0.25, 0.3) is 11.5 Å². The lowest BCUT2D eigenvalue weighted by atomic mass is 10.2. The van der Waals surface area contributed by atoms with Crippen LogP contribution in [0.3, 0.4) is 0 Å². The van der Waals surface area contributed by atoms with Gasteiger partial charge < -0.3 is 30.2 Å². The molecule has 0 saturated carbocycles. The standard InChI is InChI=1S/C23H26N6O3/c1-28-11-13-29(14-12-28)20-8-7-16(15-25-20)26-23(31)21-18(9-10-24-22(21)30)27-17-5-3-4-6-19(17)32-2/h3-10,15H,11-14H2,1-2H3,(H,26,31)(H2,24,27,30). The first-order valence-electron chi connectivity index (χ1n) is 10.4. The molecule has 1 amide bonds. The van der Waals surface area contributed by atoms with E-state index in [0.29, 0.717) is 22.8 Å². The van der Waals surface area contributed by atoms with E-state index in [-0.39, 0.29) is 5.56 Å². The maximum absolute atomic E-state index is 13.0. The molecule has 1 saturated heterocycles. The quantitative estimate of drug-likeness (QED) is 0.548. The molecular formula is C23H26N6O3. The summed E-state index contributed by atoms with van der Waals surface area (Å²) in [4.78, 5) is 37.0. The first-order chi connectivity index (χ1) is 15.5. The van der Waals surface area contributed by atoms with Crippen LogP contribution in [0.4, 0.5) is 22.9 Å². The summed E-state index contributed by atoms with van der Waals surface area (Å²) in [5, 5.41) is 5.89. The zero-order valence-corrected chi connectivity index (χ0v) is 18.1. The molecule has 9 nitrogen and oxygen atoms in total. The number of hydrogen-bond acceptors (Lipinski definition) is 7. The molecule has 1 fully saturated rings. The van der Waals surface area contributed by atoms with Crippen molar-refractivity contribution in [1.29, 1.82) is 0 Å². The predicted molar refractivity (Wildman–Crippen MR) is 125 cm³/mol. The number of aromatic amines is 1. The third kappa shape index (κ3) is 4.73.